The third-order valence-corrected chi connectivity index (χ3v) is 3.14. The van der Waals surface area contributed by atoms with E-state index >= 15 is 0 Å². The number of amides is 2. The number of carbonyl (C=O) groups is 2. The van der Waals surface area contributed by atoms with Crippen molar-refractivity contribution in [2.45, 2.75) is 0 Å². The predicted molar refractivity (Wildman–Crippen MR) is 80.6 cm³/mol. The summed E-state index contributed by atoms with van der Waals surface area (Å²) >= 11 is 8.29. The molecule has 1 rings (SSSR count). The van der Waals surface area contributed by atoms with Gasteiger partial charge in [0.2, 0.25) is 11.8 Å². The Morgan fingerprint density at radius 3 is 2.11 bits per heavy atom. The van der Waals surface area contributed by atoms with Crippen molar-refractivity contribution in [2.24, 2.45) is 17.2 Å². The zero-order valence-electron chi connectivity index (χ0n) is 9.93. The van der Waals surface area contributed by atoms with Crippen molar-refractivity contribution in [3.8, 4) is 0 Å². The van der Waals surface area contributed by atoms with Gasteiger partial charge in [0.25, 0.3) is 0 Å². The molecule has 0 saturated carbocycles. The van der Waals surface area contributed by atoms with Crippen LogP contribution < -0.4 is 22.1 Å². The summed E-state index contributed by atoms with van der Waals surface area (Å²) in [5.41, 5.74) is 17.0. The molecule has 6 N–H and O–H groups in total. The van der Waals surface area contributed by atoms with Crippen molar-refractivity contribution in [1.82, 2.24) is 0 Å². The second-order valence-corrected chi connectivity index (χ2v) is 5.08. The number of primary amides is 2. The Kier molecular flexibility index (Phi) is 5.25. The summed E-state index contributed by atoms with van der Waals surface area (Å²) in [7, 11) is 0. The number of hydrogen-bond donors (Lipinski definition) is 3. The smallest absolute Gasteiger partial charge is 0.236 e. The third-order valence-electron chi connectivity index (χ3n) is 2.27. The van der Waals surface area contributed by atoms with Crippen LogP contribution in [0.25, 0.3) is 0 Å². The molecular weight excluding hydrogens is 332 g/mol. The third kappa shape index (κ3) is 4.18. The molecule has 0 bridgehead atoms. The Morgan fingerprint density at radius 1 is 1.16 bits per heavy atom. The molecule has 0 fully saturated rings. The summed E-state index contributed by atoms with van der Waals surface area (Å²) in [5, 5.41) is 0. The van der Waals surface area contributed by atoms with Gasteiger partial charge in [-0.3, -0.25) is 9.59 Å². The van der Waals surface area contributed by atoms with Gasteiger partial charge in [-0.15, -0.1) is 0 Å². The second kappa shape index (κ2) is 6.48. The maximum Gasteiger partial charge on any atom is 0.236 e. The molecule has 0 radical (unpaired) electrons. The normalized spacial score (nSPS) is 9.95. The van der Waals surface area contributed by atoms with E-state index in [-0.39, 0.29) is 18.1 Å². The van der Waals surface area contributed by atoms with Crippen LogP contribution in [0, 0.1) is 0 Å². The molecule has 2 amide bonds. The molecule has 1 aromatic carbocycles. The highest BCUT2D eigenvalue weighted by atomic mass is 79.9. The zero-order chi connectivity index (χ0) is 14.6. The molecule has 0 unspecified atom stereocenters. The van der Waals surface area contributed by atoms with E-state index in [1.165, 1.54) is 4.90 Å². The maximum absolute atomic E-state index is 11.1. The summed E-state index contributed by atoms with van der Waals surface area (Å²) < 4.78 is 0.663. The Morgan fingerprint density at radius 2 is 1.68 bits per heavy atom. The van der Waals surface area contributed by atoms with Crippen LogP contribution in [0.3, 0.4) is 0 Å². The molecule has 0 aliphatic carbocycles. The summed E-state index contributed by atoms with van der Waals surface area (Å²) in [4.78, 5) is 23.7. The van der Waals surface area contributed by atoms with E-state index in [1.807, 2.05) is 0 Å². The monoisotopic (exact) mass is 344 g/mol. The number of carbonyl (C=O) groups excluding carboxylic acids is 2. The molecule has 6 nitrogen and oxygen atoms in total. The van der Waals surface area contributed by atoms with Gasteiger partial charge in [-0.05, 0) is 28.1 Å². The Hall–Kier alpha value is -1.67. The van der Waals surface area contributed by atoms with Gasteiger partial charge in [0, 0.05) is 15.7 Å². The van der Waals surface area contributed by atoms with Crippen molar-refractivity contribution < 1.29 is 9.59 Å². The van der Waals surface area contributed by atoms with Crippen molar-refractivity contribution in [2.75, 3.05) is 18.0 Å². The SMILES string of the molecule is NC(=O)CN(CC(N)=O)c1cccc(Br)c1C(N)=S. The molecule has 0 aliphatic heterocycles. The van der Waals surface area contributed by atoms with Gasteiger partial charge in [-0.2, -0.15) is 0 Å². The highest BCUT2D eigenvalue weighted by Crippen LogP contribution is 2.27. The van der Waals surface area contributed by atoms with E-state index in [0.29, 0.717) is 15.7 Å². The fourth-order valence-corrected chi connectivity index (χ4v) is 2.54. The molecule has 0 heterocycles. The largest absolute Gasteiger partial charge is 0.389 e. The molecule has 0 aliphatic rings. The second-order valence-electron chi connectivity index (χ2n) is 3.79. The van der Waals surface area contributed by atoms with Crippen LogP contribution in [-0.4, -0.2) is 29.9 Å². The standard InChI is InChI=1S/C11H13BrN4O2S/c12-6-2-1-3-7(10(6)11(15)19)16(4-8(13)17)5-9(14)18/h1-3H,4-5H2,(H2,13,17)(H2,14,18)(H2,15,19). The lowest BCUT2D eigenvalue weighted by Crippen LogP contribution is -2.40. The van der Waals surface area contributed by atoms with Crippen molar-refractivity contribution in [3.05, 3.63) is 28.2 Å². The van der Waals surface area contributed by atoms with Crippen LogP contribution in [0.4, 0.5) is 5.69 Å². The van der Waals surface area contributed by atoms with Gasteiger partial charge in [-0.25, -0.2) is 0 Å². The predicted octanol–water partition coefficient (Wildman–Crippen LogP) is -0.140. The summed E-state index contributed by atoms with van der Waals surface area (Å²) in [5.74, 6) is -1.18. The molecule has 0 atom stereocenters. The van der Waals surface area contributed by atoms with Crippen LogP contribution in [-0.2, 0) is 9.59 Å². The van der Waals surface area contributed by atoms with Gasteiger partial charge in [0.15, 0.2) is 0 Å². The Labute approximate surface area is 124 Å². The van der Waals surface area contributed by atoms with Gasteiger partial charge in [0.1, 0.15) is 4.99 Å². The number of nitrogens with zero attached hydrogens (tertiary/aromatic N) is 1. The van der Waals surface area contributed by atoms with Crippen LogP contribution in [0.5, 0.6) is 0 Å². The van der Waals surface area contributed by atoms with Crippen LogP contribution in [0.1, 0.15) is 5.56 Å². The number of anilines is 1. The van der Waals surface area contributed by atoms with E-state index in [2.05, 4.69) is 15.9 Å². The van der Waals surface area contributed by atoms with Gasteiger partial charge < -0.3 is 22.1 Å². The van der Waals surface area contributed by atoms with Crippen LogP contribution >= 0.6 is 28.1 Å². The van der Waals surface area contributed by atoms with Crippen molar-refractivity contribution >= 4 is 50.6 Å². The van der Waals surface area contributed by atoms with Crippen molar-refractivity contribution in [1.29, 1.82) is 0 Å². The number of thiocarbonyl (C=S) groups is 1. The fraction of sp³-hybridized carbons (Fsp3) is 0.182. The van der Waals surface area contributed by atoms with Crippen LogP contribution in [0.2, 0.25) is 0 Å². The number of halogens is 1. The minimum Gasteiger partial charge on any atom is -0.389 e. The van der Waals surface area contributed by atoms with Gasteiger partial charge in [0.05, 0.1) is 13.1 Å². The minimum atomic E-state index is -0.588. The molecule has 19 heavy (non-hydrogen) atoms. The van der Waals surface area contributed by atoms with E-state index in [1.54, 1.807) is 18.2 Å². The van der Waals surface area contributed by atoms with E-state index < -0.39 is 11.8 Å². The quantitative estimate of drug-likeness (QED) is 0.621. The number of benzene rings is 1. The number of nitrogens with two attached hydrogens (primary N) is 3. The lowest BCUT2D eigenvalue weighted by molar-refractivity contribution is -0.117. The summed E-state index contributed by atoms with van der Waals surface area (Å²) in [6.45, 7) is -0.315. The molecular formula is C11H13BrN4O2S. The first kappa shape index (κ1) is 15.4. The Balaban J connectivity index is 3.28. The zero-order valence-corrected chi connectivity index (χ0v) is 12.3. The molecule has 1 aromatic rings. The summed E-state index contributed by atoms with van der Waals surface area (Å²) in [6, 6.07) is 5.17. The van der Waals surface area contributed by atoms with Crippen LogP contribution in [0.15, 0.2) is 22.7 Å². The first-order valence-corrected chi connectivity index (χ1v) is 6.43. The van der Waals surface area contributed by atoms with E-state index in [9.17, 15) is 9.59 Å². The van der Waals surface area contributed by atoms with E-state index in [4.69, 9.17) is 29.4 Å². The lowest BCUT2D eigenvalue weighted by Gasteiger charge is -2.24. The Bertz CT molecular complexity index is 519. The van der Waals surface area contributed by atoms with Gasteiger partial charge >= 0.3 is 0 Å². The number of hydrogen-bond acceptors (Lipinski definition) is 4. The molecule has 102 valence electrons. The first-order chi connectivity index (χ1) is 8.82. The highest BCUT2D eigenvalue weighted by Gasteiger charge is 2.18. The topological polar surface area (TPSA) is 115 Å². The summed E-state index contributed by atoms with van der Waals surface area (Å²) in [6.07, 6.45) is 0. The molecule has 8 heteroatoms. The molecule has 0 saturated heterocycles. The van der Waals surface area contributed by atoms with Crippen molar-refractivity contribution in [3.63, 3.8) is 0 Å². The lowest BCUT2D eigenvalue weighted by atomic mass is 10.1. The highest BCUT2D eigenvalue weighted by molar-refractivity contribution is 9.10. The number of rotatable bonds is 6. The molecule has 0 aromatic heterocycles. The minimum absolute atomic E-state index is 0.140. The average molecular weight is 345 g/mol. The van der Waals surface area contributed by atoms with Gasteiger partial charge in [-0.1, -0.05) is 18.3 Å². The van der Waals surface area contributed by atoms with E-state index in [0.717, 1.165) is 0 Å². The molecule has 0 spiro atoms. The average Bonchev–Trinajstić information content (AvgIpc) is 2.25. The fourth-order valence-electron chi connectivity index (χ4n) is 1.62. The maximum atomic E-state index is 11.1. The first-order valence-electron chi connectivity index (χ1n) is 5.22.